The zero-order chi connectivity index (χ0) is 11.4. The predicted octanol–water partition coefficient (Wildman–Crippen LogP) is 2.24. The van der Waals surface area contributed by atoms with Crippen LogP contribution in [-0.4, -0.2) is 30.2 Å². The lowest BCUT2D eigenvalue weighted by atomic mass is 10.2. The molecule has 0 amide bonds. The van der Waals surface area contributed by atoms with E-state index in [4.69, 9.17) is 4.74 Å². The molecule has 1 aromatic rings. The summed E-state index contributed by atoms with van der Waals surface area (Å²) in [5.41, 5.74) is 1.14. The number of hydrogen-bond donors (Lipinski definition) is 1. The first-order valence-corrected chi connectivity index (χ1v) is 5.10. The Morgan fingerprint density at radius 2 is 2.07 bits per heavy atom. The summed E-state index contributed by atoms with van der Waals surface area (Å²) in [7, 11) is 3.63. The summed E-state index contributed by atoms with van der Waals surface area (Å²) in [4.78, 5) is 2.23. The molecule has 0 heterocycles. The van der Waals surface area contributed by atoms with E-state index < -0.39 is 0 Å². The predicted molar refractivity (Wildman–Crippen MR) is 61.3 cm³/mol. The van der Waals surface area contributed by atoms with Gasteiger partial charge in [-0.15, -0.1) is 0 Å². The van der Waals surface area contributed by atoms with Crippen LogP contribution in [0.1, 0.15) is 19.4 Å². The monoisotopic (exact) mass is 209 g/mol. The third kappa shape index (κ3) is 3.13. The fourth-order valence-electron chi connectivity index (χ4n) is 1.29. The van der Waals surface area contributed by atoms with Crippen molar-refractivity contribution < 1.29 is 9.84 Å². The van der Waals surface area contributed by atoms with Gasteiger partial charge in [0.05, 0.1) is 7.11 Å². The number of aromatic hydroxyl groups is 1. The Morgan fingerprint density at radius 1 is 1.40 bits per heavy atom. The lowest BCUT2D eigenvalue weighted by molar-refractivity contribution is 0.265. The maximum absolute atomic E-state index is 9.44. The van der Waals surface area contributed by atoms with Gasteiger partial charge in [0.1, 0.15) is 0 Å². The standard InChI is InChI=1S/C12H19NO2/c1-9(2)13(3)8-10-5-6-11(14)12(7-10)15-4/h5-7,9,14H,8H2,1-4H3. The van der Waals surface area contributed by atoms with E-state index in [-0.39, 0.29) is 5.75 Å². The Balaban J connectivity index is 2.78. The molecule has 3 nitrogen and oxygen atoms in total. The van der Waals surface area contributed by atoms with Crippen molar-refractivity contribution in [1.29, 1.82) is 0 Å². The van der Waals surface area contributed by atoms with Crippen LogP contribution in [0.25, 0.3) is 0 Å². The Hall–Kier alpha value is -1.22. The molecule has 0 atom stereocenters. The van der Waals surface area contributed by atoms with Crippen molar-refractivity contribution in [2.24, 2.45) is 0 Å². The highest BCUT2D eigenvalue weighted by atomic mass is 16.5. The van der Waals surface area contributed by atoms with Gasteiger partial charge < -0.3 is 9.84 Å². The number of rotatable bonds is 4. The summed E-state index contributed by atoms with van der Waals surface area (Å²) in [6.07, 6.45) is 0. The molecule has 15 heavy (non-hydrogen) atoms. The first-order chi connectivity index (χ1) is 7.04. The average Bonchev–Trinajstić information content (AvgIpc) is 2.20. The van der Waals surface area contributed by atoms with Crippen molar-refractivity contribution in [3.63, 3.8) is 0 Å². The summed E-state index contributed by atoms with van der Waals surface area (Å²) in [6, 6.07) is 5.96. The van der Waals surface area contributed by atoms with Crippen LogP contribution in [0.15, 0.2) is 18.2 Å². The van der Waals surface area contributed by atoms with Gasteiger partial charge in [-0.3, -0.25) is 4.90 Å². The minimum Gasteiger partial charge on any atom is -0.504 e. The number of benzene rings is 1. The normalized spacial score (nSPS) is 11.1. The molecule has 0 radical (unpaired) electrons. The van der Waals surface area contributed by atoms with Crippen LogP contribution in [0, 0.1) is 0 Å². The van der Waals surface area contributed by atoms with E-state index in [1.807, 2.05) is 12.1 Å². The molecule has 0 aromatic heterocycles. The van der Waals surface area contributed by atoms with Crippen molar-refractivity contribution in [2.75, 3.05) is 14.2 Å². The van der Waals surface area contributed by atoms with Gasteiger partial charge in [-0.2, -0.15) is 0 Å². The summed E-state index contributed by atoms with van der Waals surface area (Å²) in [6.45, 7) is 5.16. The second kappa shape index (κ2) is 5.03. The van der Waals surface area contributed by atoms with Crippen LogP contribution in [-0.2, 0) is 6.54 Å². The molecule has 3 heteroatoms. The number of phenols is 1. The SMILES string of the molecule is COc1cc(CN(C)C(C)C)ccc1O. The van der Waals surface area contributed by atoms with Crippen LogP contribution in [0.4, 0.5) is 0 Å². The Kier molecular flexibility index (Phi) is 3.97. The lowest BCUT2D eigenvalue weighted by Crippen LogP contribution is -2.25. The number of methoxy groups -OCH3 is 1. The summed E-state index contributed by atoms with van der Waals surface area (Å²) >= 11 is 0. The molecule has 1 aromatic carbocycles. The number of phenolic OH excluding ortho intramolecular Hbond substituents is 1. The molecule has 0 bridgehead atoms. The fourth-order valence-corrected chi connectivity index (χ4v) is 1.29. The quantitative estimate of drug-likeness (QED) is 0.825. The van der Waals surface area contributed by atoms with E-state index in [2.05, 4.69) is 25.8 Å². The summed E-state index contributed by atoms with van der Waals surface area (Å²) in [5.74, 6) is 0.720. The lowest BCUT2D eigenvalue weighted by Gasteiger charge is -2.21. The van der Waals surface area contributed by atoms with Gasteiger partial charge in [0.2, 0.25) is 0 Å². The number of ether oxygens (including phenoxy) is 1. The highest BCUT2D eigenvalue weighted by molar-refractivity contribution is 5.41. The van der Waals surface area contributed by atoms with E-state index in [1.54, 1.807) is 13.2 Å². The van der Waals surface area contributed by atoms with Crippen molar-refractivity contribution >= 4 is 0 Å². The average molecular weight is 209 g/mol. The largest absolute Gasteiger partial charge is 0.504 e. The minimum atomic E-state index is 0.188. The van der Waals surface area contributed by atoms with Crippen molar-refractivity contribution in [3.8, 4) is 11.5 Å². The highest BCUT2D eigenvalue weighted by Gasteiger charge is 2.07. The van der Waals surface area contributed by atoms with Crippen molar-refractivity contribution in [1.82, 2.24) is 4.90 Å². The van der Waals surface area contributed by atoms with Gasteiger partial charge in [0.15, 0.2) is 11.5 Å². The Labute approximate surface area is 91.3 Å². The molecule has 0 saturated heterocycles. The maximum Gasteiger partial charge on any atom is 0.160 e. The van der Waals surface area contributed by atoms with Crippen molar-refractivity contribution in [3.05, 3.63) is 23.8 Å². The molecule has 84 valence electrons. The third-order valence-electron chi connectivity index (χ3n) is 2.56. The zero-order valence-corrected chi connectivity index (χ0v) is 9.82. The van der Waals surface area contributed by atoms with Crippen LogP contribution < -0.4 is 4.74 Å². The minimum absolute atomic E-state index is 0.188. The van der Waals surface area contributed by atoms with Crippen LogP contribution >= 0.6 is 0 Å². The second-order valence-corrected chi connectivity index (χ2v) is 4.02. The maximum atomic E-state index is 9.44. The molecule has 0 fully saturated rings. The summed E-state index contributed by atoms with van der Waals surface area (Å²) < 4.78 is 5.06. The van der Waals surface area contributed by atoms with Gasteiger partial charge in [-0.1, -0.05) is 6.07 Å². The van der Waals surface area contributed by atoms with E-state index in [9.17, 15) is 5.11 Å². The van der Waals surface area contributed by atoms with E-state index in [0.29, 0.717) is 11.8 Å². The zero-order valence-electron chi connectivity index (χ0n) is 9.82. The molecule has 0 aliphatic heterocycles. The van der Waals surface area contributed by atoms with Gasteiger partial charge in [0.25, 0.3) is 0 Å². The first kappa shape index (κ1) is 11.9. The second-order valence-electron chi connectivity index (χ2n) is 4.02. The molecule has 0 aliphatic rings. The van der Waals surface area contributed by atoms with Crippen LogP contribution in [0.5, 0.6) is 11.5 Å². The van der Waals surface area contributed by atoms with E-state index in [1.165, 1.54) is 0 Å². The highest BCUT2D eigenvalue weighted by Crippen LogP contribution is 2.26. The van der Waals surface area contributed by atoms with Gasteiger partial charge >= 0.3 is 0 Å². The third-order valence-corrected chi connectivity index (χ3v) is 2.56. The van der Waals surface area contributed by atoms with Crippen LogP contribution in [0.3, 0.4) is 0 Å². The Morgan fingerprint density at radius 3 is 2.60 bits per heavy atom. The van der Waals surface area contributed by atoms with E-state index in [0.717, 1.165) is 12.1 Å². The number of nitrogens with zero attached hydrogens (tertiary/aromatic N) is 1. The molecular weight excluding hydrogens is 190 g/mol. The molecule has 0 saturated carbocycles. The first-order valence-electron chi connectivity index (χ1n) is 5.10. The molecule has 0 unspecified atom stereocenters. The van der Waals surface area contributed by atoms with Gasteiger partial charge in [0, 0.05) is 12.6 Å². The van der Waals surface area contributed by atoms with Crippen LogP contribution in [0.2, 0.25) is 0 Å². The Bertz CT molecular complexity index is 323. The van der Waals surface area contributed by atoms with Gasteiger partial charge in [-0.05, 0) is 38.6 Å². The summed E-state index contributed by atoms with van der Waals surface area (Å²) in [5, 5.41) is 9.44. The number of hydrogen-bond acceptors (Lipinski definition) is 3. The topological polar surface area (TPSA) is 32.7 Å². The molecule has 0 spiro atoms. The van der Waals surface area contributed by atoms with Crippen molar-refractivity contribution in [2.45, 2.75) is 26.4 Å². The smallest absolute Gasteiger partial charge is 0.160 e. The molecule has 1 N–H and O–H groups in total. The fraction of sp³-hybridized carbons (Fsp3) is 0.500. The molecule has 1 rings (SSSR count). The van der Waals surface area contributed by atoms with Gasteiger partial charge in [-0.25, -0.2) is 0 Å². The molecular formula is C12H19NO2. The molecule has 0 aliphatic carbocycles. The van der Waals surface area contributed by atoms with E-state index >= 15 is 0 Å².